The average Bonchev–Trinajstić information content (AvgIpc) is 3.02. The van der Waals surface area contributed by atoms with Crippen molar-refractivity contribution in [2.24, 2.45) is 0 Å². The number of rotatable bonds is 4. The summed E-state index contributed by atoms with van der Waals surface area (Å²) in [6.07, 6.45) is 7.86. The monoisotopic (exact) mass is 245 g/mol. The third-order valence-electron chi connectivity index (χ3n) is 3.85. The van der Waals surface area contributed by atoms with E-state index in [0.29, 0.717) is 12.1 Å². The van der Waals surface area contributed by atoms with Crippen LogP contribution >= 0.6 is 0 Å². The lowest BCUT2D eigenvalue weighted by Crippen LogP contribution is -2.36. The van der Waals surface area contributed by atoms with Crippen molar-refractivity contribution >= 4 is 11.0 Å². The number of nitrogens with one attached hydrogen (secondary N) is 2. The largest absolute Gasteiger partial charge is 0.380 e. The van der Waals surface area contributed by atoms with Gasteiger partial charge in [0.1, 0.15) is 5.65 Å². The second kappa shape index (κ2) is 5.08. The number of H-pyrrole nitrogens is 1. The van der Waals surface area contributed by atoms with Crippen molar-refractivity contribution in [3.63, 3.8) is 0 Å². The maximum atomic E-state index is 5.50. The van der Waals surface area contributed by atoms with E-state index in [9.17, 15) is 0 Å². The Morgan fingerprint density at radius 3 is 3.33 bits per heavy atom. The molecule has 4 heteroatoms. The molecule has 1 aliphatic rings. The van der Waals surface area contributed by atoms with Gasteiger partial charge >= 0.3 is 0 Å². The molecular formula is C14H19N3O. The minimum absolute atomic E-state index is 0.369. The number of methoxy groups -OCH3 is 1. The van der Waals surface area contributed by atoms with Crippen LogP contribution in [-0.2, 0) is 11.3 Å². The zero-order valence-electron chi connectivity index (χ0n) is 10.6. The first-order valence-electron chi connectivity index (χ1n) is 6.55. The van der Waals surface area contributed by atoms with Gasteiger partial charge in [-0.15, -0.1) is 0 Å². The molecule has 0 aliphatic heterocycles. The van der Waals surface area contributed by atoms with Crippen LogP contribution in [0, 0.1) is 0 Å². The molecule has 3 rings (SSSR count). The zero-order chi connectivity index (χ0) is 12.4. The Balaban J connectivity index is 1.69. The Morgan fingerprint density at radius 1 is 1.50 bits per heavy atom. The molecule has 4 nitrogen and oxygen atoms in total. The van der Waals surface area contributed by atoms with E-state index in [-0.39, 0.29) is 0 Å². The van der Waals surface area contributed by atoms with Gasteiger partial charge in [0.05, 0.1) is 6.10 Å². The summed E-state index contributed by atoms with van der Waals surface area (Å²) in [5.74, 6) is 0. The summed E-state index contributed by atoms with van der Waals surface area (Å²) >= 11 is 0. The third kappa shape index (κ3) is 2.13. The maximum absolute atomic E-state index is 5.50. The molecule has 18 heavy (non-hydrogen) atoms. The normalized spacial score (nSPS) is 23.8. The van der Waals surface area contributed by atoms with Crippen LogP contribution in [0.25, 0.3) is 11.0 Å². The number of nitrogens with zero attached hydrogens (tertiary/aromatic N) is 1. The number of hydrogen-bond acceptors (Lipinski definition) is 3. The minimum atomic E-state index is 0.369. The topological polar surface area (TPSA) is 49.9 Å². The fourth-order valence-electron chi connectivity index (χ4n) is 2.84. The molecule has 2 unspecified atom stereocenters. The summed E-state index contributed by atoms with van der Waals surface area (Å²) in [5.41, 5.74) is 2.24. The molecule has 1 saturated carbocycles. The van der Waals surface area contributed by atoms with Gasteiger partial charge in [0.15, 0.2) is 0 Å². The van der Waals surface area contributed by atoms with Gasteiger partial charge in [-0.2, -0.15) is 0 Å². The second-order valence-corrected chi connectivity index (χ2v) is 4.91. The standard InChI is InChI=1S/C14H19N3O/c1-18-13-6-2-5-12(13)16-8-10-9-17-14-11(10)4-3-7-15-14/h3-4,7,9,12-13,16H,2,5-6,8H2,1H3,(H,15,17). The van der Waals surface area contributed by atoms with Gasteiger partial charge < -0.3 is 15.0 Å². The molecule has 1 fully saturated rings. The van der Waals surface area contributed by atoms with E-state index in [4.69, 9.17) is 4.74 Å². The Bertz CT molecular complexity index is 522. The molecule has 0 aromatic carbocycles. The molecule has 2 aromatic rings. The highest BCUT2D eigenvalue weighted by molar-refractivity contribution is 5.79. The minimum Gasteiger partial charge on any atom is -0.380 e. The molecule has 2 N–H and O–H groups in total. The van der Waals surface area contributed by atoms with E-state index in [0.717, 1.165) is 12.2 Å². The van der Waals surface area contributed by atoms with Gasteiger partial charge in [-0.1, -0.05) is 0 Å². The van der Waals surface area contributed by atoms with Crippen LogP contribution in [0.3, 0.4) is 0 Å². The summed E-state index contributed by atoms with van der Waals surface area (Å²) in [4.78, 5) is 7.51. The van der Waals surface area contributed by atoms with Gasteiger partial charge in [0.2, 0.25) is 0 Å². The summed E-state index contributed by atoms with van der Waals surface area (Å²) in [7, 11) is 1.81. The van der Waals surface area contributed by atoms with E-state index < -0.39 is 0 Å². The number of aromatic amines is 1. The molecule has 0 bridgehead atoms. The van der Waals surface area contributed by atoms with Crippen LogP contribution in [0.4, 0.5) is 0 Å². The fraction of sp³-hybridized carbons (Fsp3) is 0.500. The predicted molar refractivity (Wildman–Crippen MR) is 71.4 cm³/mol. The highest BCUT2D eigenvalue weighted by atomic mass is 16.5. The van der Waals surface area contributed by atoms with Crippen LogP contribution in [0.1, 0.15) is 24.8 Å². The van der Waals surface area contributed by atoms with Crippen LogP contribution < -0.4 is 5.32 Å². The van der Waals surface area contributed by atoms with Crippen molar-refractivity contribution in [2.75, 3.05) is 7.11 Å². The van der Waals surface area contributed by atoms with Crippen LogP contribution in [-0.4, -0.2) is 29.2 Å². The first kappa shape index (κ1) is 11.7. The Hall–Kier alpha value is -1.39. The first-order valence-corrected chi connectivity index (χ1v) is 6.55. The fourth-order valence-corrected chi connectivity index (χ4v) is 2.84. The van der Waals surface area contributed by atoms with E-state index >= 15 is 0 Å². The van der Waals surface area contributed by atoms with Crippen molar-refractivity contribution in [1.82, 2.24) is 15.3 Å². The first-order chi connectivity index (χ1) is 8.88. The average molecular weight is 245 g/mol. The third-order valence-corrected chi connectivity index (χ3v) is 3.85. The Morgan fingerprint density at radius 2 is 2.44 bits per heavy atom. The Kier molecular flexibility index (Phi) is 3.30. The number of ether oxygens (including phenoxy) is 1. The zero-order valence-corrected chi connectivity index (χ0v) is 10.6. The molecule has 1 aliphatic carbocycles. The molecule has 0 radical (unpaired) electrons. The van der Waals surface area contributed by atoms with Crippen molar-refractivity contribution in [3.8, 4) is 0 Å². The highest BCUT2D eigenvalue weighted by Gasteiger charge is 2.26. The van der Waals surface area contributed by atoms with Crippen LogP contribution in [0.15, 0.2) is 24.5 Å². The van der Waals surface area contributed by atoms with Crippen LogP contribution in [0.2, 0.25) is 0 Å². The van der Waals surface area contributed by atoms with E-state index in [1.54, 1.807) is 7.11 Å². The van der Waals surface area contributed by atoms with E-state index in [1.165, 1.54) is 30.2 Å². The SMILES string of the molecule is COC1CCCC1NCc1c[nH]c2ncccc12. The van der Waals surface area contributed by atoms with Crippen molar-refractivity contribution in [2.45, 2.75) is 38.0 Å². The summed E-state index contributed by atoms with van der Waals surface area (Å²) < 4.78 is 5.50. The molecule has 2 atom stereocenters. The summed E-state index contributed by atoms with van der Waals surface area (Å²) in [5, 5.41) is 4.81. The van der Waals surface area contributed by atoms with Crippen molar-refractivity contribution in [1.29, 1.82) is 0 Å². The predicted octanol–water partition coefficient (Wildman–Crippen LogP) is 2.22. The van der Waals surface area contributed by atoms with Gasteiger partial charge in [-0.25, -0.2) is 4.98 Å². The summed E-state index contributed by atoms with van der Waals surface area (Å²) in [6, 6.07) is 4.57. The van der Waals surface area contributed by atoms with E-state index in [1.807, 2.05) is 18.5 Å². The molecule has 2 heterocycles. The summed E-state index contributed by atoms with van der Waals surface area (Å²) in [6.45, 7) is 0.871. The van der Waals surface area contributed by atoms with Gasteiger partial charge in [-0.3, -0.25) is 0 Å². The second-order valence-electron chi connectivity index (χ2n) is 4.91. The number of pyridine rings is 1. The number of aromatic nitrogens is 2. The lowest BCUT2D eigenvalue weighted by atomic mass is 10.1. The maximum Gasteiger partial charge on any atom is 0.137 e. The smallest absolute Gasteiger partial charge is 0.137 e. The Labute approximate surface area is 107 Å². The molecule has 0 spiro atoms. The van der Waals surface area contributed by atoms with E-state index in [2.05, 4.69) is 21.4 Å². The highest BCUT2D eigenvalue weighted by Crippen LogP contribution is 2.22. The molecule has 0 amide bonds. The van der Waals surface area contributed by atoms with Crippen molar-refractivity contribution in [3.05, 3.63) is 30.1 Å². The number of fused-ring (bicyclic) bond motifs is 1. The molecule has 0 saturated heterocycles. The molecule has 96 valence electrons. The molecular weight excluding hydrogens is 226 g/mol. The lowest BCUT2D eigenvalue weighted by Gasteiger charge is -2.19. The van der Waals surface area contributed by atoms with Gasteiger partial charge in [-0.05, 0) is 37.0 Å². The quantitative estimate of drug-likeness (QED) is 0.868. The lowest BCUT2D eigenvalue weighted by molar-refractivity contribution is 0.0847. The molecule has 2 aromatic heterocycles. The van der Waals surface area contributed by atoms with Gasteiger partial charge in [0, 0.05) is 37.5 Å². The van der Waals surface area contributed by atoms with Crippen LogP contribution in [0.5, 0.6) is 0 Å². The number of hydrogen-bond donors (Lipinski definition) is 2. The van der Waals surface area contributed by atoms with Crippen molar-refractivity contribution < 1.29 is 4.74 Å². The van der Waals surface area contributed by atoms with Gasteiger partial charge in [0.25, 0.3) is 0 Å².